The number of nitrogens with one attached hydrogen (secondary N) is 1. The summed E-state index contributed by atoms with van der Waals surface area (Å²) in [5.41, 5.74) is 8.44. The molecule has 0 aromatic heterocycles. The fourth-order valence-corrected chi connectivity index (χ4v) is 1.34. The van der Waals surface area contributed by atoms with Gasteiger partial charge in [-0.15, -0.1) is 0 Å². The van der Waals surface area contributed by atoms with Crippen LogP contribution >= 0.6 is 0 Å². The second-order valence-corrected chi connectivity index (χ2v) is 3.78. The number of rotatable bonds is 3. The van der Waals surface area contributed by atoms with E-state index in [0.29, 0.717) is 6.42 Å². The quantitative estimate of drug-likeness (QED) is 0.613. The zero-order valence-corrected chi connectivity index (χ0v) is 8.99. The van der Waals surface area contributed by atoms with Gasteiger partial charge in [-0.05, 0) is 13.5 Å². The van der Waals surface area contributed by atoms with E-state index < -0.39 is 0 Å². The molecule has 5 nitrogen and oxygen atoms in total. The SMILES string of the molecule is CC[C@@H](N)C(=O)NN1CCN(C)CC1. The number of amides is 1. The Morgan fingerprint density at radius 3 is 2.50 bits per heavy atom. The number of piperazine rings is 1. The van der Waals surface area contributed by atoms with Crippen molar-refractivity contribution in [2.75, 3.05) is 33.2 Å². The molecule has 14 heavy (non-hydrogen) atoms. The molecule has 0 unspecified atom stereocenters. The molecule has 1 atom stereocenters. The van der Waals surface area contributed by atoms with Crippen LogP contribution in [0.15, 0.2) is 0 Å². The number of carbonyl (C=O) groups excluding carboxylic acids is 1. The smallest absolute Gasteiger partial charge is 0.251 e. The maximum Gasteiger partial charge on any atom is 0.251 e. The van der Waals surface area contributed by atoms with E-state index in [1.807, 2.05) is 11.9 Å². The van der Waals surface area contributed by atoms with Gasteiger partial charge in [-0.2, -0.15) is 0 Å². The lowest BCUT2D eigenvalue weighted by molar-refractivity contribution is -0.128. The molecule has 1 saturated heterocycles. The van der Waals surface area contributed by atoms with E-state index >= 15 is 0 Å². The highest BCUT2D eigenvalue weighted by atomic mass is 16.2. The largest absolute Gasteiger partial charge is 0.320 e. The zero-order valence-electron chi connectivity index (χ0n) is 8.99. The summed E-state index contributed by atoms with van der Waals surface area (Å²) in [6, 6.07) is -0.380. The Hall–Kier alpha value is -0.650. The standard InChI is InChI=1S/C9H20N4O/c1-3-8(10)9(14)11-13-6-4-12(2)5-7-13/h8H,3-7,10H2,1-2H3,(H,11,14)/t8-/m1/s1. The molecule has 0 radical (unpaired) electrons. The summed E-state index contributed by atoms with van der Waals surface area (Å²) in [5.74, 6) is -0.0722. The first kappa shape index (κ1) is 11.4. The summed E-state index contributed by atoms with van der Waals surface area (Å²) in [7, 11) is 2.08. The van der Waals surface area contributed by atoms with Crippen molar-refractivity contribution in [1.29, 1.82) is 0 Å². The van der Waals surface area contributed by atoms with Gasteiger partial charge < -0.3 is 10.6 Å². The van der Waals surface area contributed by atoms with Gasteiger partial charge in [-0.1, -0.05) is 6.92 Å². The maximum atomic E-state index is 11.4. The minimum atomic E-state index is -0.380. The van der Waals surface area contributed by atoms with Crippen molar-refractivity contribution < 1.29 is 4.79 Å². The highest BCUT2D eigenvalue weighted by molar-refractivity contribution is 5.80. The summed E-state index contributed by atoms with van der Waals surface area (Å²) in [4.78, 5) is 13.7. The zero-order chi connectivity index (χ0) is 10.6. The fraction of sp³-hybridized carbons (Fsp3) is 0.889. The number of hydrazine groups is 1. The third-order valence-electron chi connectivity index (χ3n) is 2.55. The average molecular weight is 200 g/mol. The van der Waals surface area contributed by atoms with Crippen molar-refractivity contribution in [1.82, 2.24) is 15.3 Å². The Kier molecular flexibility index (Phi) is 4.31. The molecule has 0 bridgehead atoms. The summed E-state index contributed by atoms with van der Waals surface area (Å²) < 4.78 is 0. The first-order valence-corrected chi connectivity index (χ1v) is 5.13. The predicted octanol–water partition coefficient (Wildman–Crippen LogP) is -0.998. The third-order valence-corrected chi connectivity index (χ3v) is 2.55. The molecule has 1 heterocycles. The van der Waals surface area contributed by atoms with Gasteiger partial charge in [0.1, 0.15) is 0 Å². The molecular formula is C9H20N4O. The van der Waals surface area contributed by atoms with Crippen LogP contribution in [0.25, 0.3) is 0 Å². The molecular weight excluding hydrogens is 180 g/mol. The molecule has 0 aromatic carbocycles. The monoisotopic (exact) mass is 200 g/mol. The Bertz CT molecular complexity index is 189. The van der Waals surface area contributed by atoms with Gasteiger partial charge in [-0.3, -0.25) is 10.2 Å². The van der Waals surface area contributed by atoms with Gasteiger partial charge in [0.2, 0.25) is 0 Å². The Labute approximate surface area is 85.2 Å². The van der Waals surface area contributed by atoms with Gasteiger partial charge in [0, 0.05) is 26.2 Å². The summed E-state index contributed by atoms with van der Waals surface area (Å²) in [6.45, 7) is 5.63. The molecule has 82 valence electrons. The molecule has 3 N–H and O–H groups in total. The molecule has 1 aliphatic rings. The second kappa shape index (κ2) is 5.29. The normalized spacial score (nSPS) is 21.9. The Morgan fingerprint density at radius 2 is 2.00 bits per heavy atom. The van der Waals surface area contributed by atoms with Crippen LogP contribution < -0.4 is 11.2 Å². The van der Waals surface area contributed by atoms with Crippen LogP contribution in [-0.4, -0.2) is 55.1 Å². The first-order valence-electron chi connectivity index (χ1n) is 5.13. The van der Waals surface area contributed by atoms with E-state index in [4.69, 9.17) is 5.73 Å². The van der Waals surface area contributed by atoms with Crippen molar-refractivity contribution in [3.05, 3.63) is 0 Å². The van der Waals surface area contributed by atoms with Crippen molar-refractivity contribution in [3.63, 3.8) is 0 Å². The molecule has 1 amide bonds. The molecule has 5 heteroatoms. The Morgan fingerprint density at radius 1 is 1.43 bits per heavy atom. The Balaban J connectivity index is 2.27. The van der Waals surface area contributed by atoms with Crippen LogP contribution in [0.4, 0.5) is 0 Å². The van der Waals surface area contributed by atoms with Gasteiger partial charge in [0.05, 0.1) is 6.04 Å². The molecule has 0 aliphatic carbocycles. The van der Waals surface area contributed by atoms with Crippen molar-refractivity contribution in [2.24, 2.45) is 5.73 Å². The van der Waals surface area contributed by atoms with Gasteiger partial charge in [0.15, 0.2) is 0 Å². The number of carbonyl (C=O) groups is 1. The minimum absolute atomic E-state index is 0.0722. The highest BCUT2D eigenvalue weighted by Gasteiger charge is 2.18. The molecule has 0 spiro atoms. The number of nitrogens with zero attached hydrogens (tertiary/aromatic N) is 2. The van der Waals surface area contributed by atoms with Gasteiger partial charge in [-0.25, -0.2) is 5.01 Å². The molecule has 0 aromatic rings. The van der Waals surface area contributed by atoms with Crippen LogP contribution in [-0.2, 0) is 4.79 Å². The average Bonchev–Trinajstić information content (AvgIpc) is 2.20. The van der Waals surface area contributed by atoms with E-state index in [0.717, 1.165) is 26.2 Å². The van der Waals surface area contributed by atoms with Crippen molar-refractivity contribution in [2.45, 2.75) is 19.4 Å². The van der Waals surface area contributed by atoms with Crippen LogP contribution in [0.2, 0.25) is 0 Å². The van der Waals surface area contributed by atoms with E-state index in [2.05, 4.69) is 17.4 Å². The van der Waals surface area contributed by atoms with Crippen molar-refractivity contribution in [3.8, 4) is 0 Å². The van der Waals surface area contributed by atoms with Gasteiger partial charge >= 0.3 is 0 Å². The lowest BCUT2D eigenvalue weighted by Gasteiger charge is -2.32. The maximum absolute atomic E-state index is 11.4. The van der Waals surface area contributed by atoms with E-state index in [-0.39, 0.29) is 11.9 Å². The van der Waals surface area contributed by atoms with Crippen LogP contribution in [0.1, 0.15) is 13.3 Å². The van der Waals surface area contributed by atoms with Crippen molar-refractivity contribution >= 4 is 5.91 Å². The molecule has 0 saturated carbocycles. The van der Waals surface area contributed by atoms with Crippen LogP contribution in [0.3, 0.4) is 0 Å². The third kappa shape index (κ3) is 3.25. The molecule has 1 aliphatic heterocycles. The van der Waals surface area contributed by atoms with Crippen LogP contribution in [0, 0.1) is 0 Å². The number of hydrogen-bond donors (Lipinski definition) is 2. The second-order valence-electron chi connectivity index (χ2n) is 3.78. The highest BCUT2D eigenvalue weighted by Crippen LogP contribution is 1.96. The lowest BCUT2D eigenvalue weighted by Crippen LogP contribution is -2.55. The summed E-state index contributed by atoms with van der Waals surface area (Å²) in [6.07, 6.45) is 0.680. The number of likely N-dealkylation sites (N-methyl/N-ethyl adjacent to an activating group) is 1. The van der Waals surface area contributed by atoms with E-state index in [9.17, 15) is 4.79 Å². The summed E-state index contributed by atoms with van der Waals surface area (Å²) >= 11 is 0. The number of nitrogens with two attached hydrogens (primary N) is 1. The minimum Gasteiger partial charge on any atom is -0.320 e. The fourth-order valence-electron chi connectivity index (χ4n) is 1.34. The van der Waals surface area contributed by atoms with Gasteiger partial charge in [0.25, 0.3) is 5.91 Å². The molecule has 1 rings (SSSR count). The number of hydrogen-bond acceptors (Lipinski definition) is 4. The first-order chi connectivity index (χ1) is 6.63. The topological polar surface area (TPSA) is 61.6 Å². The summed E-state index contributed by atoms with van der Waals surface area (Å²) in [5, 5.41) is 1.94. The van der Waals surface area contributed by atoms with E-state index in [1.54, 1.807) is 0 Å². The van der Waals surface area contributed by atoms with Crippen LogP contribution in [0.5, 0.6) is 0 Å². The molecule has 1 fully saturated rings. The predicted molar refractivity (Wildman–Crippen MR) is 55.5 cm³/mol. The van der Waals surface area contributed by atoms with E-state index in [1.165, 1.54) is 0 Å². The lowest BCUT2D eigenvalue weighted by atomic mass is 10.2.